The molecule has 2 rings (SSSR count). The Bertz CT molecular complexity index is 765. The summed E-state index contributed by atoms with van der Waals surface area (Å²) in [5.41, 5.74) is 2.33. The van der Waals surface area contributed by atoms with Gasteiger partial charge in [-0.3, -0.25) is 4.31 Å². The predicted octanol–water partition coefficient (Wildman–Crippen LogP) is 4.06. The Morgan fingerprint density at radius 1 is 1.09 bits per heavy atom. The molecule has 0 saturated carbocycles. The van der Waals surface area contributed by atoms with E-state index < -0.39 is 15.8 Å². The molecular formula is C16H17ClFNO2S. The molecule has 0 aliphatic carbocycles. The molecule has 0 saturated heterocycles. The summed E-state index contributed by atoms with van der Waals surface area (Å²) in [6.07, 6.45) is 1.10. The Morgan fingerprint density at radius 3 is 2.14 bits per heavy atom. The number of hydrogen-bond donors (Lipinski definition) is 0. The number of nitrogens with zero attached hydrogens (tertiary/aromatic N) is 1. The maximum Gasteiger partial charge on any atom is 0.232 e. The standard InChI is InChI=1S/C16H17ClFNO2S/c1-11-6-4-7-12(2)16(11)19(22(3,20)21)10-13-14(17)8-5-9-15(13)18/h4-9H,10H2,1-3H3. The molecule has 0 unspecified atom stereocenters. The largest absolute Gasteiger partial charge is 0.265 e. The van der Waals surface area contributed by atoms with E-state index in [9.17, 15) is 12.8 Å². The second kappa shape index (κ2) is 6.26. The van der Waals surface area contributed by atoms with Crippen LogP contribution in [-0.4, -0.2) is 14.7 Å². The van der Waals surface area contributed by atoms with Crippen LogP contribution in [0, 0.1) is 19.7 Å². The van der Waals surface area contributed by atoms with Gasteiger partial charge in [-0.05, 0) is 37.1 Å². The number of anilines is 1. The van der Waals surface area contributed by atoms with Crippen LogP contribution in [0.1, 0.15) is 16.7 Å². The molecular weight excluding hydrogens is 325 g/mol. The summed E-state index contributed by atoms with van der Waals surface area (Å²) in [7, 11) is -3.59. The van der Waals surface area contributed by atoms with Gasteiger partial charge in [-0.2, -0.15) is 0 Å². The summed E-state index contributed by atoms with van der Waals surface area (Å²) in [5.74, 6) is -0.521. The topological polar surface area (TPSA) is 37.4 Å². The van der Waals surface area contributed by atoms with Gasteiger partial charge in [0.15, 0.2) is 0 Å². The van der Waals surface area contributed by atoms with Gasteiger partial charge in [-0.25, -0.2) is 12.8 Å². The van der Waals surface area contributed by atoms with Crippen molar-refractivity contribution < 1.29 is 12.8 Å². The minimum atomic E-state index is -3.59. The molecule has 0 aromatic heterocycles. The second-order valence-electron chi connectivity index (χ2n) is 5.21. The summed E-state index contributed by atoms with van der Waals surface area (Å²) < 4.78 is 39.7. The zero-order chi connectivity index (χ0) is 16.5. The minimum Gasteiger partial charge on any atom is -0.265 e. The molecule has 0 aliphatic heterocycles. The average molecular weight is 342 g/mol. The Labute approximate surface area is 135 Å². The fraction of sp³-hybridized carbons (Fsp3) is 0.250. The minimum absolute atomic E-state index is 0.143. The van der Waals surface area contributed by atoms with Crippen LogP contribution >= 0.6 is 11.6 Å². The van der Waals surface area contributed by atoms with E-state index in [4.69, 9.17) is 11.6 Å². The van der Waals surface area contributed by atoms with Gasteiger partial charge in [0.25, 0.3) is 0 Å². The van der Waals surface area contributed by atoms with E-state index in [1.165, 1.54) is 16.4 Å². The lowest BCUT2D eigenvalue weighted by atomic mass is 10.1. The predicted molar refractivity (Wildman–Crippen MR) is 88.4 cm³/mol. The number of para-hydroxylation sites is 1. The van der Waals surface area contributed by atoms with Crippen molar-refractivity contribution in [1.29, 1.82) is 0 Å². The number of sulfonamides is 1. The summed E-state index contributed by atoms with van der Waals surface area (Å²) in [6, 6.07) is 9.81. The van der Waals surface area contributed by atoms with Crippen LogP contribution in [0.4, 0.5) is 10.1 Å². The molecule has 0 atom stereocenters. The number of aryl methyl sites for hydroxylation is 2. The fourth-order valence-corrected chi connectivity index (χ4v) is 3.59. The molecule has 0 bridgehead atoms. The van der Waals surface area contributed by atoms with Crippen molar-refractivity contribution in [3.63, 3.8) is 0 Å². The maximum absolute atomic E-state index is 14.0. The van der Waals surface area contributed by atoms with E-state index >= 15 is 0 Å². The zero-order valence-corrected chi connectivity index (χ0v) is 14.2. The van der Waals surface area contributed by atoms with Crippen molar-refractivity contribution in [3.05, 3.63) is 63.9 Å². The van der Waals surface area contributed by atoms with Gasteiger partial charge in [-0.15, -0.1) is 0 Å². The molecule has 0 heterocycles. The lowest BCUT2D eigenvalue weighted by Gasteiger charge is -2.26. The summed E-state index contributed by atoms with van der Waals surface area (Å²) >= 11 is 6.03. The van der Waals surface area contributed by atoms with Crippen LogP contribution in [0.2, 0.25) is 5.02 Å². The molecule has 118 valence electrons. The summed E-state index contributed by atoms with van der Waals surface area (Å²) in [4.78, 5) is 0. The van der Waals surface area contributed by atoms with Crippen LogP contribution in [0.15, 0.2) is 36.4 Å². The van der Waals surface area contributed by atoms with Crippen LogP contribution < -0.4 is 4.31 Å². The van der Waals surface area contributed by atoms with Crippen LogP contribution in [0.25, 0.3) is 0 Å². The molecule has 0 aliphatic rings. The van der Waals surface area contributed by atoms with Gasteiger partial charge in [0, 0.05) is 10.6 Å². The Kier molecular flexibility index (Phi) is 4.78. The van der Waals surface area contributed by atoms with Gasteiger partial charge in [0.1, 0.15) is 5.82 Å². The van der Waals surface area contributed by atoms with E-state index in [0.717, 1.165) is 17.4 Å². The Balaban J connectivity index is 2.59. The first-order valence-electron chi connectivity index (χ1n) is 6.68. The third-order valence-corrected chi connectivity index (χ3v) is 4.92. The average Bonchev–Trinajstić information content (AvgIpc) is 2.39. The third kappa shape index (κ3) is 3.42. The molecule has 3 nitrogen and oxygen atoms in total. The molecule has 0 amide bonds. The van der Waals surface area contributed by atoms with Crippen molar-refractivity contribution in [2.75, 3.05) is 10.6 Å². The Hall–Kier alpha value is -1.59. The van der Waals surface area contributed by atoms with Crippen LogP contribution in [0.5, 0.6) is 0 Å². The van der Waals surface area contributed by atoms with Crippen molar-refractivity contribution in [3.8, 4) is 0 Å². The lowest BCUT2D eigenvalue weighted by molar-refractivity contribution is 0.590. The number of benzene rings is 2. The molecule has 2 aromatic carbocycles. The summed E-state index contributed by atoms with van der Waals surface area (Å²) in [6.45, 7) is 3.50. The normalized spacial score (nSPS) is 11.5. The monoisotopic (exact) mass is 341 g/mol. The van der Waals surface area contributed by atoms with Gasteiger partial charge in [-0.1, -0.05) is 35.9 Å². The molecule has 0 N–H and O–H groups in total. The van der Waals surface area contributed by atoms with Gasteiger partial charge in [0.05, 0.1) is 18.5 Å². The third-order valence-electron chi connectivity index (χ3n) is 3.45. The van der Waals surface area contributed by atoms with Gasteiger partial charge >= 0.3 is 0 Å². The Morgan fingerprint density at radius 2 is 1.64 bits per heavy atom. The number of halogens is 2. The van der Waals surface area contributed by atoms with Crippen LogP contribution in [-0.2, 0) is 16.6 Å². The maximum atomic E-state index is 14.0. The first kappa shape index (κ1) is 16.8. The second-order valence-corrected chi connectivity index (χ2v) is 7.52. The van der Waals surface area contributed by atoms with Crippen molar-refractivity contribution >= 4 is 27.3 Å². The van der Waals surface area contributed by atoms with E-state index in [0.29, 0.717) is 5.69 Å². The first-order chi connectivity index (χ1) is 10.2. The smallest absolute Gasteiger partial charge is 0.232 e. The summed E-state index contributed by atoms with van der Waals surface area (Å²) in [5, 5.41) is 0.208. The molecule has 0 fully saturated rings. The highest BCUT2D eigenvalue weighted by Crippen LogP contribution is 2.30. The molecule has 0 spiro atoms. The highest BCUT2D eigenvalue weighted by atomic mass is 35.5. The van der Waals surface area contributed by atoms with Gasteiger partial charge in [0.2, 0.25) is 10.0 Å². The van der Waals surface area contributed by atoms with E-state index in [2.05, 4.69) is 0 Å². The van der Waals surface area contributed by atoms with E-state index in [1.807, 2.05) is 32.0 Å². The fourth-order valence-electron chi connectivity index (χ4n) is 2.39. The van der Waals surface area contributed by atoms with E-state index in [-0.39, 0.29) is 17.1 Å². The van der Waals surface area contributed by atoms with Gasteiger partial charge < -0.3 is 0 Å². The van der Waals surface area contributed by atoms with Crippen molar-refractivity contribution in [1.82, 2.24) is 0 Å². The lowest BCUT2D eigenvalue weighted by Crippen LogP contribution is -2.31. The highest BCUT2D eigenvalue weighted by molar-refractivity contribution is 7.92. The number of rotatable bonds is 4. The molecule has 6 heteroatoms. The first-order valence-corrected chi connectivity index (χ1v) is 8.91. The van der Waals surface area contributed by atoms with Crippen molar-refractivity contribution in [2.24, 2.45) is 0 Å². The molecule has 22 heavy (non-hydrogen) atoms. The highest BCUT2D eigenvalue weighted by Gasteiger charge is 2.23. The molecule has 0 radical (unpaired) electrons. The van der Waals surface area contributed by atoms with Crippen molar-refractivity contribution in [2.45, 2.75) is 20.4 Å². The van der Waals surface area contributed by atoms with E-state index in [1.54, 1.807) is 6.07 Å². The quantitative estimate of drug-likeness (QED) is 0.841. The van der Waals surface area contributed by atoms with Crippen LogP contribution in [0.3, 0.4) is 0 Å². The molecule has 2 aromatic rings. The zero-order valence-electron chi connectivity index (χ0n) is 12.6. The SMILES string of the molecule is Cc1cccc(C)c1N(Cc1c(F)cccc1Cl)S(C)(=O)=O. The number of hydrogen-bond acceptors (Lipinski definition) is 2.